The van der Waals surface area contributed by atoms with Crippen LogP contribution in [0.15, 0.2) is 6.07 Å². The van der Waals surface area contributed by atoms with Gasteiger partial charge in [0.2, 0.25) is 5.91 Å². The van der Waals surface area contributed by atoms with E-state index >= 15 is 0 Å². The number of rotatable bonds is 5. The van der Waals surface area contributed by atoms with E-state index in [2.05, 4.69) is 33.0 Å². The fourth-order valence-electron chi connectivity index (χ4n) is 2.29. The summed E-state index contributed by atoms with van der Waals surface area (Å²) in [7, 11) is 0. The summed E-state index contributed by atoms with van der Waals surface area (Å²) in [5.74, 6) is -0.241. The van der Waals surface area contributed by atoms with Crippen molar-refractivity contribution in [1.29, 1.82) is 0 Å². The van der Waals surface area contributed by atoms with Crippen molar-refractivity contribution in [2.24, 2.45) is 5.41 Å². The molecule has 4 nitrogen and oxygen atoms in total. The number of hydrogen-bond donors (Lipinski definition) is 1. The molecule has 0 aliphatic heterocycles. The van der Waals surface area contributed by atoms with Crippen molar-refractivity contribution in [3.63, 3.8) is 0 Å². The first-order valence-electron chi connectivity index (χ1n) is 7.22. The van der Waals surface area contributed by atoms with Crippen LogP contribution in [-0.2, 0) is 9.53 Å². The molecule has 0 aliphatic carbocycles. The van der Waals surface area contributed by atoms with Gasteiger partial charge in [-0.3, -0.25) is 4.79 Å². The predicted molar refractivity (Wildman–Crippen MR) is 87.1 cm³/mol. The number of carbonyl (C=O) groups excluding carboxylic acids is 2. The van der Waals surface area contributed by atoms with Gasteiger partial charge in [0.15, 0.2) is 0 Å². The van der Waals surface area contributed by atoms with Crippen LogP contribution < -0.4 is 5.32 Å². The molecule has 0 fully saturated rings. The second kappa shape index (κ2) is 7.07. The number of amides is 1. The Hall–Kier alpha value is -1.36. The molecule has 0 unspecified atom stereocenters. The molecule has 0 radical (unpaired) electrons. The van der Waals surface area contributed by atoms with Crippen LogP contribution in [0.4, 0.5) is 5.00 Å². The highest BCUT2D eigenvalue weighted by Crippen LogP contribution is 2.38. The monoisotopic (exact) mass is 311 g/mol. The lowest BCUT2D eigenvalue weighted by atomic mass is 9.85. The van der Waals surface area contributed by atoms with Crippen LogP contribution in [0, 0.1) is 5.41 Å². The molecule has 1 amide bonds. The Morgan fingerprint density at radius 1 is 1.38 bits per heavy atom. The molecule has 0 bridgehead atoms. The van der Waals surface area contributed by atoms with Gasteiger partial charge in [-0.05, 0) is 30.7 Å². The molecule has 0 aliphatic rings. The summed E-state index contributed by atoms with van der Waals surface area (Å²) in [6.45, 7) is 12.2. The van der Waals surface area contributed by atoms with E-state index in [-0.39, 0.29) is 17.3 Å². The quantitative estimate of drug-likeness (QED) is 0.819. The maximum Gasteiger partial charge on any atom is 0.341 e. The van der Waals surface area contributed by atoms with Gasteiger partial charge in [-0.25, -0.2) is 4.79 Å². The number of esters is 1. The molecule has 0 aromatic carbocycles. The number of anilines is 1. The van der Waals surface area contributed by atoms with Crippen molar-refractivity contribution in [3.8, 4) is 0 Å². The zero-order chi connectivity index (χ0) is 16.2. The van der Waals surface area contributed by atoms with Gasteiger partial charge in [-0.1, -0.05) is 27.7 Å². The van der Waals surface area contributed by atoms with Crippen LogP contribution in [0.1, 0.15) is 69.1 Å². The lowest BCUT2D eigenvalue weighted by Crippen LogP contribution is -2.10. The summed E-state index contributed by atoms with van der Waals surface area (Å²) in [6, 6.07) is 1.85. The second-order valence-corrected chi connectivity index (χ2v) is 7.54. The van der Waals surface area contributed by atoms with E-state index in [1.54, 1.807) is 6.92 Å². The zero-order valence-corrected chi connectivity index (χ0v) is 14.5. The molecule has 5 heteroatoms. The Morgan fingerprint density at radius 2 is 2.00 bits per heavy atom. The van der Waals surface area contributed by atoms with Gasteiger partial charge < -0.3 is 10.1 Å². The fourth-order valence-corrected chi connectivity index (χ4v) is 3.43. The van der Waals surface area contributed by atoms with Crippen LogP contribution in [0.25, 0.3) is 0 Å². The lowest BCUT2D eigenvalue weighted by molar-refractivity contribution is -0.114. The van der Waals surface area contributed by atoms with E-state index in [0.29, 0.717) is 23.1 Å². The number of carbonyl (C=O) groups is 2. The van der Waals surface area contributed by atoms with Crippen LogP contribution >= 0.6 is 11.3 Å². The Kier molecular flexibility index (Phi) is 5.96. The average Bonchev–Trinajstić information content (AvgIpc) is 2.70. The minimum absolute atomic E-state index is 0.183. The Labute approximate surface area is 130 Å². The summed E-state index contributed by atoms with van der Waals surface area (Å²) in [6.07, 6.45) is 1.01. The molecule has 1 rings (SSSR count). The molecule has 1 atom stereocenters. The van der Waals surface area contributed by atoms with Gasteiger partial charge in [0.05, 0.1) is 12.2 Å². The van der Waals surface area contributed by atoms with E-state index in [0.717, 1.165) is 11.3 Å². The van der Waals surface area contributed by atoms with E-state index in [1.807, 2.05) is 6.07 Å². The highest BCUT2D eigenvalue weighted by Gasteiger charge is 2.23. The molecule has 21 heavy (non-hydrogen) atoms. The molecule has 0 spiro atoms. The first-order chi connectivity index (χ1) is 9.64. The van der Waals surface area contributed by atoms with Gasteiger partial charge in [-0.15, -0.1) is 11.3 Å². The maximum absolute atomic E-state index is 12.0. The number of thiophene rings is 1. The first-order valence-corrected chi connectivity index (χ1v) is 8.04. The van der Waals surface area contributed by atoms with Gasteiger partial charge in [-0.2, -0.15) is 0 Å². The molecular formula is C16H25NO3S. The van der Waals surface area contributed by atoms with Crippen molar-refractivity contribution < 1.29 is 14.3 Å². The van der Waals surface area contributed by atoms with E-state index in [4.69, 9.17) is 4.74 Å². The summed E-state index contributed by atoms with van der Waals surface area (Å²) < 4.78 is 5.06. The first kappa shape index (κ1) is 17.7. The van der Waals surface area contributed by atoms with Crippen LogP contribution in [-0.4, -0.2) is 18.5 Å². The normalized spacial score (nSPS) is 12.9. The van der Waals surface area contributed by atoms with Crippen LogP contribution in [0.5, 0.6) is 0 Å². The molecule has 1 aromatic rings. The van der Waals surface area contributed by atoms with Crippen molar-refractivity contribution in [3.05, 3.63) is 16.5 Å². The topological polar surface area (TPSA) is 55.4 Å². The Morgan fingerprint density at radius 3 is 2.48 bits per heavy atom. The smallest absolute Gasteiger partial charge is 0.341 e. The van der Waals surface area contributed by atoms with Crippen molar-refractivity contribution in [2.75, 3.05) is 11.9 Å². The standard InChI is InChI=1S/C16H25NO3S/c1-7-20-15(19)12-8-13(10(2)9-16(4,5)6)21-14(12)17-11(3)18/h8,10H,7,9H2,1-6H3,(H,17,18)/t10-/m0/s1. The molecule has 1 N–H and O–H groups in total. The summed E-state index contributed by atoms with van der Waals surface area (Å²) in [5.41, 5.74) is 0.662. The van der Waals surface area contributed by atoms with E-state index in [9.17, 15) is 9.59 Å². The second-order valence-electron chi connectivity index (χ2n) is 6.46. The number of ether oxygens (including phenoxy) is 1. The Balaban J connectivity index is 3.07. The minimum atomic E-state index is -0.383. The van der Waals surface area contributed by atoms with Crippen molar-refractivity contribution in [2.45, 2.75) is 53.9 Å². The van der Waals surface area contributed by atoms with Crippen LogP contribution in [0.3, 0.4) is 0 Å². The molecular weight excluding hydrogens is 286 g/mol. The fraction of sp³-hybridized carbons (Fsp3) is 0.625. The van der Waals surface area contributed by atoms with Crippen LogP contribution in [0.2, 0.25) is 0 Å². The lowest BCUT2D eigenvalue weighted by Gasteiger charge is -2.22. The third-order valence-corrected chi connectivity index (χ3v) is 4.22. The van der Waals surface area contributed by atoms with Gasteiger partial charge in [0, 0.05) is 11.8 Å². The molecule has 0 saturated heterocycles. The summed E-state index contributed by atoms with van der Waals surface area (Å²) in [4.78, 5) is 24.4. The maximum atomic E-state index is 12.0. The zero-order valence-electron chi connectivity index (χ0n) is 13.7. The minimum Gasteiger partial charge on any atom is -0.462 e. The van der Waals surface area contributed by atoms with Gasteiger partial charge in [0.1, 0.15) is 5.00 Å². The van der Waals surface area contributed by atoms with E-state index in [1.165, 1.54) is 18.3 Å². The SMILES string of the molecule is CCOC(=O)c1cc([C@@H](C)CC(C)(C)C)sc1NC(C)=O. The largest absolute Gasteiger partial charge is 0.462 e. The molecule has 0 saturated carbocycles. The van der Waals surface area contributed by atoms with E-state index < -0.39 is 0 Å². The third kappa shape index (κ3) is 5.50. The number of nitrogens with one attached hydrogen (secondary N) is 1. The Bertz CT molecular complexity index is 514. The predicted octanol–water partition coefficient (Wildman–Crippen LogP) is 4.42. The van der Waals surface area contributed by atoms with Crippen molar-refractivity contribution in [1.82, 2.24) is 0 Å². The highest BCUT2D eigenvalue weighted by molar-refractivity contribution is 7.16. The van der Waals surface area contributed by atoms with Gasteiger partial charge >= 0.3 is 5.97 Å². The number of hydrogen-bond acceptors (Lipinski definition) is 4. The summed E-state index contributed by atoms with van der Waals surface area (Å²) in [5, 5.41) is 3.31. The molecule has 118 valence electrons. The van der Waals surface area contributed by atoms with Gasteiger partial charge in [0.25, 0.3) is 0 Å². The molecule has 1 heterocycles. The third-order valence-electron chi connectivity index (χ3n) is 2.94. The molecule has 1 aromatic heterocycles. The highest BCUT2D eigenvalue weighted by atomic mass is 32.1. The van der Waals surface area contributed by atoms with Crippen molar-refractivity contribution >= 4 is 28.2 Å². The average molecular weight is 311 g/mol. The summed E-state index contributed by atoms with van der Waals surface area (Å²) >= 11 is 1.46.